The van der Waals surface area contributed by atoms with Gasteiger partial charge in [-0.1, -0.05) is 13.8 Å². The zero-order chi connectivity index (χ0) is 14.4. The second kappa shape index (κ2) is 7.91. The number of piperidine rings is 1. The number of aryl methyl sites for hydroxylation is 1. The number of hydrogen-bond acceptors (Lipinski definition) is 4. The van der Waals surface area contributed by atoms with Crippen LogP contribution in [-0.2, 0) is 6.42 Å². The van der Waals surface area contributed by atoms with Gasteiger partial charge in [0.25, 0.3) is 0 Å². The molecule has 0 saturated carbocycles. The van der Waals surface area contributed by atoms with Gasteiger partial charge in [0.2, 0.25) is 0 Å². The van der Waals surface area contributed by atoms with Crippen LogP contribution in [0.1, 0.15) is 47.7 Å². The average Bonchev–Trinajstić information content (AvgIpc) is 2.97. The minimum atomic E-state index is 0.293. The average molecular weight is 294 g/mol. The fourth-order valence-corrected chi connectivity index (χ4v) is 3.71. The lowest BCUT2D eigenvalue weighted by Gasteiger charge is -2.33. The maximum Gasteiger partial charge on any atom is 0.186 e. The Morgan fingerprint density at radius 1 is 1.35 bits per heavy atom. The molecule has 4 heteroatoms. The zero-order valence-electron chi connectivity index (χ0n) is 12.7. The van der Waals surface area contributed by atoms with Gasteiger partial charge in [0, 0.05) is 10.9 Å². The zero-order valence-corrected chi connectivity index (χ0v) is 13.5. The second-order valence-electron chi connectivity index (χ2n) is 5.49. The molecule has 1 aromatic heterocycles. The molecule has 0 spiro atoms. The molecule has 0 radical (unpaired) electrons. The third-order valence-corrected chi connectivity index (χ3v) is 5.24. The van der Waals surface area contributed by atoms with Crippen LogP contribution in [0, 0.1) is 0 Å². The Morgan fingerprint density at radius 2 is 2.10 bits per heavy atom. The quantitative estimate of drug-likeness (QED) is 0.785. The molecule has 1 N–H and O–H groups in total. The van der Waals surface area contributed by atoms with Crippen LogP contribution < -0.4 is 5.32 Å². The van der Waals surface area contributed by atoms with E-state index in [1.165, 1.54) is 4.88 Å². The van der Waals surface area contributed by atoms with E-state index in [1.54, 1.807) is 11.3 Å². The third-order valence-electron chi connectivity index (χ3n) is 3.97. The Morgan fingerprint density at radius 3 is 2.70 bits per heavy atom. The molecule has 0 unspecified atom stereocenters. The molecule has 20 heavy (non-hydrogen) atoms. The molecule has 1 aliphatic rings. The van der Waals surface area contributed by atoms with Gasteiger partial charge in [0.05, 0.1) is 11.4 Å². The maximum atomic E-state index is 12.5. The van der Waals surface area contributed by atoms with E-state index in [2.05, 4.69) is 30.1 Å². The van der Waals surface area contributed by atoms with Crippen LogP contribution >= 0.6 is 11.3 Å². The number of nitrogens with one attached hydrogen (secondary N) is 1. The predicted octanol–water partition coefficient (Wildman–Crippen LogP) is 2.96. The summed E-state index contributed by atoms with van der Waals surface area (Å²) in [6.45, 7) is 8.11. The molecule has 1 aliphatic heterocycles. The molecule has 1 fully saturated rings. The molecule has 0 aromatic carbocycles. The highest BCUT2D eigenvalue weighted by atomic mass is 32.1. The van der Waals surface area contributed by atoms with Crippen molar-refractivity contribution in [1.29, 1.82) is 0 Å². The Hall–Kier alpha value is -0.710. The number of rotatable bonds is 7. The number of thiophene rings is 1. The minimum Gasteiger partial charge on any atom is -0.317 e. The van der Waals surface area contributed by atoms with Crippen molar-refractivity contribution >= 4 is 17.1 Å². The van der Waals surface area contributed by atoms with E-state index in [0.717, 1.165) is 50.2 Å². The molecule has 0 atom stereocenters. The van der Waals surface area contributed by atoms with Crippen molar-refractivity contribution in [2.24, 2.45) is 0 Å². The number of hydrogen-bond donors (Lipinski definition) is 1. The van der Waals surface area contributed by atoms with Crippen LogP contribution in [0.25, 0.3) is 0 Å². The van der Waals surface area contributed by atoms with E-state index in [-0.39, 0.29) is 0 Å². The molecule has 2 rings (SSSR count). The van der Waals surface area contributed by atoms with Crippen LogP contribution in [0.3, 0.4) is 0 Å². The van der Waals surface area contributed by atoms with E-state index in [0.29, 0.717) is 18.4 Å². The van der Waals surface area contributed by atoms with Crippen molar-refractivity contribution in [3.8, 4) is 0 Å². The standard InChI is InChI=1S/C16H26N2OS/c1-3-11-18(13-7-9-17-10-8-13)12-15(19)16-6-5-14(4-2)20-16/h5-6,13,17H,3-4,7-12H2,1-2H3. The van der Waals surface area contributed by atoms with Gasteiger partial charge in [-0.3, -0.25) is 9.69 Å². The van der Waals surface area contributed by atoms with Crippen molar-refractivity contribution in [1.82, 2.24) is 10.2 Å². The van der Waals surface area contributed by atoms with Gasteiger partial charge in [-0.25, -0.2) is 0 Å². The molecule has 0 bridgehead atoms. The van der Waals surface area contributed by atoms with Gasteiger partial charge >= 0.3 is 0 Å². The highest BCUT2D eigenvalue weighted by Gasteiger charge is 2.23. The molecule has 0 aliphatic carbocycles. The van der Waals surface area contributed by atoms with E-state index in [1.807, 2.05) is 6.07 Å². The molecule has 1 aromatic rings. The van der Waals surface area contributed by atoms with Crippen molar-refractivity contribution in [3.63, 3.8) is 0 Å². The number of nitrogens with zero attached hydrogens (tertiary/aromatic N) is 1. The SMILES string of the molecule is CCCN(CC(=O)c1ccc(CC)s1)C1CCNCC1. The Balaban J connectivity index is 1.97. The van der Waals surface area contributed by atoms with Crippen LogP contribution in [0.15, 0.2) is 12.1 Å². The van der Waals surface area contributed by atoms with Crippen molar-refractivity contribution in [3.05, 3.63) is 21.9 Å². The molecule has 112 valence electrons. The first-order chi connectivity index (χ1) is 9.74. The fraction of sp³-hybridized carbons (Fsp3) is 0.688. The smallest absolute Gasteiger partial charge is 0.186 e. The lowest BCUT2D eigenvalue weighted by molar-refractivity contribution is 0.0869. The number of Topliss-reactive ketones (excluding diaryl/α,β-unsaturated/α-hetero) is 1. The summed E-state index contributed by atoms with van der Waals surface area (Å²) in [5, 5.41) is 3.40. The molecule has 2 heterocycles. The molecule has 1 saturated heterocycles. The van der Waals surface area contributed by atoms with Gasteiger partial charge in [-0.05, 0) is 57.5 Å². The Kier molecular flexibility index (Phi) is 6.20. The summed E-state index contributed by atoms with van der Waals surface area (Å²) >= 11 is 1.66. The summed E-state index contributed by atoms with van der Waals surface area (Å²) < 4.78 is 0. The topological polar surface area (TPSA) is 32.3 Å². The van der Waals surface area contributed by atoms with E-state index in [4.69, 9.17) is 0 Å². The second-order valence-corrected chi connectivity index (χ2v) is 6.66. The van der Waals surface area contributed by atoms with Gasteiger partial charge in [-0.2, -0.15) is 0 Å². The molecule has 3 nitrogen and oxygen atoms in total. The highest BCUT2D eigenvalue weighted by molar-refractivity contribution is 7.14. The predicted molar refractivity (Wildman–Crippen MR) is 85.8 cm³/mol. The summed E-state index contributed by atoms with van der Waals surface area (Å²) in [6, 6.07) is 4.66. The fourth-order valence-electron chi connectivity index (χ4n) is 2.83. The van der Waals surface area contributed by atoms with Crippen molar-refractivity contribution in [2.75, 3.05) is 26.2 Å². The van der Waals surface area contributed by atoms with E-state index >= 15 is 0 Å². The van der Waals surface area contributed by atoms with Crippen molar-refractivity contribution < 1.29 is 4.79 Å². The maximum absolute atomic E-state index is 12.5. The van der Waals surface area contributed by atoms with E-state index < -0.39 is 0 Å². The lowest BCUT2D eigenvalue weighted by Crippen LogP contribution is -2.45. The number of ketones is 1. The summed E-state index contributed by atoms with van der Waals surface area (Å²) in [5.41, 5.74) is 0. The van der Waals surface area contributed by atoms with E-state index in [9.17, 15) is 4.79 Å². The third kappa shape index (κ3) is 4.14. The Bertz CT molecular complexity index is 424. The monoisotopic (exact) mass is 294 g/mol. The van der Waals surface area contributed by atoms with Crippen LogP contribution in [0.5, 0.6) is 0 Å². The van der Waals surface area contributed by atoms with Crippen LogP contribution in [0.2, 0.25) is 0 Å². The van der Waals surface area contributed by atoms with Gasteiger partial charge in [0.1, 0.15) is 0 Å². The number of carbonyl (C=O) groups is 1. The first kappa shape index (κ1) is 15.7. The van der Waals surface area contributed by atoms with Crippen molar-refractivity contribution in [2.45, 2.75) is 45.6 Å². The first-order valence-corrected chi connectivity index (χ1v) is 8.63. The summed E-state index contributed by atoms with van der Waals surface area (Å²) in [7, 11) is 0. The van der Waals surface area contributed by atoms with Gasteiger partial charge < -0.3 is 5.32 Å². The highest BCUT2D eigenvalue weighted by Crippen LogP contribution is 2.19. The first-order valence-electron chi connectivity index (χ1n) is 7.81. The summed E-state index contributed by atoms with van der Waals surface area (Å²) in [6.07, 6.45) is 4.46. The normalized spacial score (nSPS) is 16.8. The largest absolute Gasteiger partial charge is 0.317 e. The molecular formula is C16H26N2OS. The number of carbonyl (C=O) groups excluding carboxylic acids is 1. The summed E-state index contributed by atoms with van der Waals surface area (Å²) in [5.74, 6) is 0.293. The molecular weight excluding hydrogens is 268 g/mol. The van der Waals surface area contributed by atoms with Crippen LogP contribution in [-0.4, -0.2) is 42.9 Å². The summed E-state index contributed by atoms with van der Waals surface area (Å²) in [4.78, 5) is 17.1. The Labute approximate surface area is 126 Å². The van der Waals surface area contributed by atoms with Crippen LogP contribution in [0.4, 0.5) is 0 Å². The van der Waals surface area contributed by atoms with Gasteiger partial charge in [0.15, 0.2) is 5.78 Å². The van der Waals surface area contributed by atoms with Gasteiger partial charge in [-0.15, -0.1) is 11.3 Å². The minimum absolute atomic E-state index is 0.293. The lowest BCUT2D eigenvalue weighted by atomic mass is 10.0. The molecule has 0 amide bonds.